The van der Waals surface area contributed by atoms with Crippen molar-refractivity contribution in [3.05, 3.63) is 64.7 Å². The third kappa shape index (κ3) is 3.22. The lowest BCUT2D eigenvalue weighted by Crippen LogP contribution is -2.35. The first-order valence-corrected chi connectivity index (χ1v) is 9.06. The van der Waals surface area contributed by atoms with Crippen molar-refractivity contribution in [2.75, 3.05) is 20.1 Å². The van der Waals surface area contributed by atoms with E-state index in [9.17, 15) is 4.79 Å². The molecule has 1 aromatic heterocycles. The number of hydrogen-bond donors (Lipinski definition) is 0. The molecule has 0 spiro atoms. The number of aromatic nitrogens is 2. The normalized spacial score (nSPS) is 16.1. The second-order valence-corrected chi connectivity index (χ2v) is 6.93. The quantitative estimate of drug-likeness (QED) is 0.729. The van der Waals surface area contributed by atoms with E-state index in [2.05, 4.69) is 16.9 Å². The average Bonchev–Trinajstić information content (AvgIpc) is 2.65. The van der Waals surface area contributed by atoms with E-state index in [0.717, 1.165) is 42.9 Å². The van der Waals surface area contributed by atoms with Gasteiger partial charge in [-0.2, -0.15) is 0 Å². The Hall–Kier alpha value is -2.66. The Morgan fingerprint density at radius 3 is 2.46 bits per heavy atom. The van der Waals surface area contributed by atoms with Gasteiger partial charge in [0.1, 0.15) is 17.7 Å². The summed E-state index contributed by atoms with van der Waals surface area (Å²) in [6.45, 7) is 4.00. The van der Waals surface area contributed by atoms with Crippen LogP contribution in [0.1, 0.15) is 18.7 Å². The highest BCUT2D eigenvalue weighted by atomic mass is 16.5. The van der Waals surface area contributed by atoms with E-state index in [1.54, 1.807) is 4.57 Å². The lowest BCUT2D eigenvalue weighted by atomic mass is 10.1. The molecule has 0 atom stereocenters. The smallest absolute Gasteiger partial charge is 0.265 e. The van der Waals surface area contributed by atoms with E-state index in [0.29, 0.717) is 11.2 Å². The van der Waals surface area contributed by atoms with Crippen LogP contribution in [0.2, 0.25) is 0 Å². The fourth-order valence-electron chi connectivity index (χ4n) is 3.52. The molecule has 0 bridgehead atoms. The molecule has 0 N–H and O–H groups in total. The molecule has 3 aromatic rings. The van der Waals surface area contributed by atoms with E-state index in [1.165, 1.54) is 0 Å². The van der Waals surface area contributed by atoms with Crippen LogP contribution in [-0.4, -0.2) is 40.7 Å². The lowest BCUT2D eigenvalue weighted by Gasteiger charge is -2.29. The fraction of sp³-hybridized carbons (Fsp3) is 0.333. The number of para-hydroxylation sites is 1. The number of fused-ring (bicyclic) bond motifs is 1. The first-order chi connectivity index (χ1) is 12.6. The van der Waals surface area contributed by atoms with Crippen molar-refractivity contribution in [2.24, 2.45) is 0 Å². The van der Waals surface area contributed by atoms with Crippen molar-refractivity contribution >= 4 is 10.9 Å². The van der Waals surface area contributed by atoms with Crippen LogP contribution in [0.5, 0.6) is 5.75 Å². The summed E-state index contributed by atoms with van der Waals surface area (Å²) in [6.07, 6.45) is 2.36. The largest absolute Gasteiger partial charge is 0.490 e. The average molecular weight is 349 g/mol. The third-order valence-electron chi connectivity index (χ3n) is 5.01. The number of hydrogen-bond acceptors (Lipinski definition) is 4. The molecular formula is C21H23N3O2. The molecule has 2 heterocycles. The summed E-state index contributed by atoms with van der Waals surface area (Å²) in [5.41, 5.74) is 1.49. The zero-order valence-corrected chi connectivity index (χ0v) is 15.2. The minimum Gasteiger partial charge on any atom is -0.490 e. The zero-order valence-electron chi connectivity index (χ0n) is 15.2. The summed E-state index contributed by atoms with van der Waals surface area (Å²) < 4.78 is 7.75. The molecule has 1 aliphatic rings. The van der Waals surface area contributed by atoms with Gasteiger partial charge in [-0.3, -0.25) is 9.36 Å². The second-order valence-electron chi connectivity index (χ2n) is 6.93. The molecule has 134 valence electrons. The number of ether oxygens (including phenoxy) is 1. The Kier molecular flexibility index (Phi) is 4.47. The van der Waals surface area contributed by atoms with Gasteiger partial charge in [0.05, 0.1) is 16.6 Å². The van der Waals surface area contributed by atoms with Gasteiger partial charge in [0.25, 0.3) is 5.56 Å². The Bertz CT molecular complexity index is 971. The molecule has 1 aliphatic heterocycles. The van der Waals surface area contributed by atoms with Crippen LogP contribution in [-0.2, 0) is 0 Å². The first kappa shape index (κ1) is 16.8. The SMILES string of the molecule is Cc1nc2ccccc2c(=O)n1-c1ccc(OC2CCN(C)CC2)cc1. The highest BCUT2D eigenvalue weighted by Crippen LogP contribution is 2.21. The Morgan fingerprint density at radius 1 is 1.04 bits per heavy atom. The highest BCUT2D eigenvalue weighted by Gasteiger charge is 2.18. The van der Waals surface area contributed by atoms with Gasteiger partial charge in [-0.1, -0.05) is 12.1 Å². The summed E-state index contributed by atoms with van der Waals surface area (Å²) in [7, 11) is 2.14. The molecule has 0 saturated carbocycles. The summed E-state index contributed by atoms with van der Waals surface area (Å²) >= 11 is 0. The number of piperidine rings is 1. The fourth-order valence-corrected chi connectivity index (χ4v) is 3.52. The molecule has 0 aliphatic carbocycles. The molecule has 1 saturated heterocycles. The summed E-state index contributed by atoms with van der Waals surface area (Å²) in [5, 5.41) is 0.629. The molecule has 0 amide bonds. The number of rotatable bonds is 3. The van der Waals surface area contributed by atoms with Crippen LogP contribution in [0.3, 0.4) is 0 Å². The van der Waals surface area contributed by atoms with Crippen molar-refractivity contribution in [1.29, 1.82) is 0 Å². The van der Waals surface area contributed by atoms with Gasteiger partial charge in [-0.15, -0.1) is 0 Å². The molecule has 2 aromatic carbocycles. The van der Waals surface area contributed by atoms with Gasteiger partial charge in [0.15, 0.2) is 0 Å². The van der Waals surface area contributed by atoms with Gasteiger partial charge in [-0.25, -0.2) is 4.98 Å². The molecule has 1 fully saturated rings. The van der Waals surface area contributed by atoms with Crippen LogP contribution >= 0.6 is 0 Å². The Labute approximate surface area is 152 Å². The minimum atomic E-state index is -0.0444. The van der Waals surface area contributed by atoms with Crippen molar-refractivity contribution in [3.8, 4) is 11.4 Å². The second kappa shape index (κ2) is 6.92. The molecule has 0 unspecified atom stereocenters. The maximum Gasteiger partial charge on any atom is 0.265 e. The maximum absolute atomic E-state index is 12.9. The van der Waals surface area contributed by atoms with Crippen molar-refractivity contribution in [3.63, 3.8) is 0 Å². The minimum absolute atomic E-state index is 0.0444. The monoisotopic (exact) mass is 349 g/mol. The van der Waals surface area contributed by atoms with E-state index in [4.69, 9.17) is 4.74 Å². The van der Waals surface area contributed by atoms with Gasteiger partial charge in [0, 0.05) is 13.1 Å². The van der Waals surface area contributed by atoms with Crippen molar-refractivity contribution in [1.82, 2.24) is 14.5 Å². The van der Waals surface area contributed by atoms with Crippen LogP contribution in [0.4, 0.5) is 0 Å². The Morgan fingerprint density at radius 2 is 1.73 bits per heavy atom. The van der Waals surface area contributed by atoms with Gasteiger partial charge >= 0.3 is 0 Å². The molecule has 5 nitrogen and oxygen atoms in total. The third-order valence-corrected chi connectivity index (χ3v) is 5.01. The molecule has 5 heteroatoms. The standard InChI is InChI=1S/C21H23N3O2/c1-15-22-20-6-4-3-5-19(20)21(25)24(15)16-7-9-17(10-8-16)26-18-11-13-23(2)14-12-18/h3-10,18H,11-14H2,1-2H3. The topological polar surface area (TPSA) is 47.4 Å². The van der Waals surface area contributed by atoms with Crippen LogP contribution in [0, 0.1) is 6.92 Å². The Balaban J connectivity index is 1.61. The summed E-state index contributed by atoms with van der Waals surface area (Å²) in [5.74, 6) is 1.53. The van der Waals surface area contributed by atoms with E-state index >= 15 is 0 Å². The lowest BCUT2D eigenvalue weighted by molar-refractivity contribution is 0.114. The molecule has 26 heavy (non-hydrogen) atoms. The van der Waals surface area contributed by atoms with Crippen LogP contribution in [0.15, 0.2) is 53.3 Å². The van der Waals surface area contributed by atoms with Crippen molar-refractivity contribution < 1.29 is 4.74 Å². The van der Waals surface area contributed by atoms with E-state index in [1.807, 2.05) is 55.5 Å². The number of benzene rings is 2. The number of aryl methyl sites for hydroxylation is 1. The number of nitrogens with zero attached hydrogens (tertiary/aromatic N) is 3. The van der Waals surface area contributed by atoms with E-state index < -0.39 is 0 Å². The predicted molar refractivity (Wildman–Crippen MR) is 103 cm³/mol. The molecule has 4 rings (SSSR count). The van der Waals surface area contributed by atoms with Gasteiger partial charge in [0.2, 0.25) is 0 Å². The molecule has 0 radical (unpaired) electrons. The van der Waals surface area contributed by atoms with Crippen molar-refractivity contribution in [2.45, 2.75) is 25.9 Å². The highest BCUT2D eigenvalue weighted by molar-refractivity contribution is 5.77. The summed E-state index contributed by atoms with van der Waals surface area (Å²) in [6, 6.07) is 15.2. The van der Waals surface area contributed by atoms with E-state index in [-0.39, 0.29) is 11.7 Å². The van der Waals surface area contributed by atoms with Crippen LogP contribution < -0.4 is 10.3 Å². The molecular weight excluding hydrogens is 326 g/mol. The predicted octanol–water partition coefficient (Wildman–Crippen LogP) is 3.17. The summed E-state index contributed by atoms with van der Waals surface area (Å²) in [4.78, 5) is 19.8. The zero-order chi connectivity index (χ0) is 18.1. The van der Waals surface area contributed by atoms with Gasteiger partial charge < -0.3 is 9.64 Å². The van der Waals surface area contributed by atoms with Crippen LogP contribution in [0.25, 0.3) is 16.6 Å². The first-order valence-electron chi connectivity index (χ1n) is 9.06. The maximum atomic E-state index is 12.9. The van der Waals surface area contributed by atoms with Gasteiger partial charge in [-0.05, 0) is 63.2 Å². The number of likely N-dealkylation sites (tertiary alicyclic amines) is 1.